The van der Waals surface area contributed by atoms with Crippen LogP contribution in [-0.2, 0) is 47.7 Å². The van der Waals surface area contributed by atoms with Crippen LogP contribution in [-0.4, -0.2) is 112 Å². The first-order valence-corrected chi connectivity index (χ1v) is 13.4. The number of carbonyl (C=O) groups excluding carboxylic acids is 6. The summed E-state index contributed by atoms with van der Waals surface area (Å²) >= 11 is 0. The van der Waals surface area contributed by atoms with Crippen LogP contribution in [0.25, 0.3) is 0 Å². The maximum atomic E-state index is 12.6. The lowest BCUT2D eigenvalue weighted by molar-refractivity contribution is -0.873. The quantitative estimate of drug-likeness (QED) is 0.112. The number of nitrogens with zero attached hydrogens (tertiary/aromatic N) is 2. The second-order valence-corrected chi connectivity index (χ2v) is 11.6. The Balaban J connectivity index is 5.23. The Morgan fingerprint density at radius 1 is 0.564 bits per heavy atom. The molecule has 0 unspecified atom stereocenters. The van der Waals surface area contributed by atoms with Gasteiger partial charge in [-0.1, -0.05) is 20.8 Å². The number of carbonyl (C=O) groups is 6. The number of ether oxygens (including phenoxy) is 4. The Morgan fingerprint density at radius 2 is 0.897 bits per heavy atom. The summed E-state index contributed by atoms with van der Waals surface area (Å²) in [6.07, 6.45) is -0.962. The minimum Gasteiger partial charge on any atom is -0.456 e. The molecule has 0 aromatic rings. The summed E-state index contributed by atoms with van der Waals surface area (Å²) in [7, 11) is 11.1. The van der Waals surface area contributed by atoms with Crippen molar-refractivity contribution in [1.29, 1.82) is 0 Å². The highest BCUT2D eigenvalue weighted by atomic mass is 16.6. The average Bonchev–Trinajstić information content (AvgIpc) is 2.71. The summed E-state index contributed by atoms with van der Waals surface area (Å²) in [5, 5.41) is 0. The van der Waals surface area contributed by atoms with Crippen LogP contribution in [0.1, 0.15) is 65.7 Å². The Morgan fingerprint density at radius 3 is 1.15 bits per heavy atom. The molecule has 0 bridgehead atoms. The maximum Gasteiger partial charge on any atom is 0.327 e. The number of hydrogen-bond donors (Lipinski definition) is 0. The minimum atomic E-state index is -1.52. The molecule has 224 valence electrons. The zero-order valence-electron chi connectivity index (χ0n) is 25.1. The fourth-order valence-corrected chi connectivity index (χ4v) is 3.66. The van der Waals surface area contributed by atoms with Crippen molar-refractivity contribution in [3.05, 3.63) is 0 Å². The average molecular weight is 561 g/mol. The molecule has 39 heavy (non-hydrogen) atoms. The van der Waals surface area contributed by atoms with Crippen molar-refractivity contribution in [3.63, 3.8) is 0 Å². The van der Waals surface area contributed by atoms with Gasteiger partial charge in [-0.3, -0.25) is 28.8 Å². The van der Waals surface area contributed by atoms with Crippen LogP contribution >= 0.6 is 0 Å². The second kappa shape index (κ2) is 17.0. The highest BCUT2D eigenvalue weighted by Gasteiger charge is 2.34. The fourth-order valence-electron chi connectivity index (χ4n) is 3.66. The van der Waals surface area contributed by atoms with Gasteiger partial charge in [0.15, 0.2) is 18.1 Å². The number of esters is 6. The Kier molecular flexibility index (Phi) is 15.7. The summed E-state index contributed by atoms with van der Waals surface area (Å²) in [6.45, 7) is 5.73. The molecular weight excluding hydrogens is 512 g/mol. The van der Waals surface area contributed by atoms with E-state index in [9.17, 15) is 28.8 Å². The zero-order chi connectivity index (χ0) is 30.4. The van der Waals surface area contributed by atoms with E-state index in [0.717, 1.165) is 0 Å². The lowest BCUT2D eigenvalue weighted by atomic mass is 10.1. The van der Waals surface area contributed by atoms with Crippen LogP contribution in [0.4, 0.5) is 0 Å². The molecule has 0 spiro atoms. The van der Waals surface area contributed by atoms with E-state index in [1.54, 1.807) is 0 Å². The van der Waals surface area contributed by atoms with Crippen molar-refractivity contribution in [1.82, 2.24) is 0 Å². The molecule has 0 aliphatic heterocycles. The van der Waals surface area contributed by atoms with Crippen LogP contribution in [0.2, 0.25) is 0 Å². The first-order chi connectivity index (χ1) is 17.9. The lowest BCUT2D eigenvalue weighted by Crippen LogP contribution is -2.44. The van der Waals surface area contributed by atoms with Crippen molar-refractivity contribution in [2.24, 2.45) is 5.92 Å². The van der Waals surface area contributed by atoms with Crippen LogP contribution in [0, 0.1) is 5.92 Å². The summed E-state index contributed by atoms with van der Waals surface area (Å²) in [5.41, 5.74) is 0. The van der Waals surface area contributed by atoms with Gasteiger partial charge in [0.2, 0.25) is 0 Å². The minimum absolute atomic E-state index is 0.0835. The summed E-state index contributed by atoms with van der Waals surface area (Å²) < 4.78 is 21.3. The Hall–Kier alpha value is -2.86. The molecule has 12 heteroatoms. The van der Waals surface area contributed by atoms with Gasteiger partial charge in [-0.25, -0.2) is 0 Å². The molecule has 0 radical (unpaired) electrons. The van der Waals surface area contributed by atoms with Gasteiger partial charge in [-0.2, -0.15) is 0 Å². The number of quaternary nitrogens is 2. The van der Waals surface area contributed by atoms with Gasteiger partial charge in [0, 0.05) is 12.8 Å². The van der Waals surface area contributed by atoms with Gasteiger partial charge in [0.1, 0.15) is 13.1 Å². The molecule has 2 atom stereocenters. The highest BCUT2D eigenvalue weighted by molar-refractivity contribution is 6.02. The first kappa shape index (κ1) is 36.1. The molecule has 0 saturated heterocycles. The van der Waals surface area contributed by atoms with Crippen LogP contribution in [0.15, 0.2) is 0 Å². The molecule has 0 rings (SSSR count). The monoisotopic (exact) mass is 560 g/mol. The molecule has 0 aromatic carbocycles. The van der Waals surface area contributed by atoms with Crippen LogP contribution in [0.5, 0.6) is 0 Å². The maximum absolute atomic E-state index is 12.6. The molecule has 0 aromatic heterocycles. The van der Waals surface area contributed by atoms with E-state index in [-0.39, 0.29) is 32.1 Å². The van der Waals surface area contributed by atoms with Gasteiger partial charge in [-0.05, 0) is 19.3 Å². The van der Waals surface area contributed by atoms with E-state index in [0.29, 0.717) is 34.9 Å². The Labute approximate surface area is 232 Å². The second-order valence-electron chi connectivity index (χ2n) is 11.6. The molecule has 0 saturated carbocycles. The van der Waals surface area contributed by atoms with E-state index >= 15 is 0 Å². The van der Waals surface area contributed by atoms with E-state index in [1.807, 2.05) is 56.1 Å². The van der Waals surface area contributed by atoms with Crippen molar-refractivity contribution in [3.8, 4) is 0 Å². The van der Waals surface area contributed by atoms with Crippen molar-refractivity contribution < 1.29 is 56.7 Å². The van der Waals surface area contributed by atoms with E-state index in [2.05, 4.69) is 0 Å². The van der Waals surface area contributed by atoms with Gasteiger partial charge in [-0.15, -0.1) is 0 Å². The topological polar surface area (TPSA) is 139 Å². The largest absolute Gasteiger partial charge is 0.456 e. The molecule has 0 fully saturated rings. The molecule has 0 heterocycles. The molecular formula is C27H48N2O10+2. The molecule has 0 aliphatic rings. The van der Waals surface area contributed by atoms with Crippen molar-refractivity contribution in [2.45, 2.75) is 77.9 Å². The van der Waals surface area contributed by atoms with Gasteiger partial charge in [0.05, 0.1) is 55.1 Å². The summed E-state index contributed by atoms with van der Waals surface area (Å²) in [5.74, 6) is -6.71. The standard InChI is InChI=1S/C27H48N2O10/c1-10-13-22(30)36-19(17-28(4,5)6)15-24(32)38-26(34)21(12-3)27(35)39-25(33)16-20(18-29(7,8)9)37-23(31)14-11-2/h19-21H,10-18H2,1-9H3/q+2/t19-,20-/m1/s1. The SMILES string of the molecule is CCCC(=O)O[C@H](CC(=O)OC(=O)C(CC)C(=O)OC(=O)C[C@H](C[N+](C)(C)C)OC(=O)CCC)C[N+](C)(C)C. The summed E-state index contributed by atoms with van der Waals surface area (Å²) in [6, 6.07) is 0. The van der Waals surface area contributed by atoms with Crippen LogP contribution in [0.3, 0.4) is 0 Å². The number of hydrogen-bond acceptors (Lipinski definition) is 10. The zero-order valence-corrected chi connectivity index (χ0v) is 25.1. The van der Waals surface area contributed by atoms with Gasteiger partial charge >= 0.3 is 35.8 Å². The smallest absolute Gasteiger partial charge is 0.327 e. The fraction of sp³-hybridized carbons (Fsp3) is 0.778. The molecule has 0 amide bonds. The highest BCUT2D eigenvalue weighted by Crippen LogP contribution is 2.14. The van der Waals surface area contributed by atoms with E-state index < -0.39 is 53.9 Å². The van der Waals surface area contributed by atoms with E-state index in [1.165, 1.54) is 6.92 Å². The first-order valence-electron chi connectivity index (χ1n) is 13.4. The third-order valence-electron chi connectivity index (χ3n) is 5.20. The van der Waals surface area contributed by atoms with Crippen molar-refractivity contribution in [2.75, 3.05) is 55.4 Å². The normalized spacial score (nSPS) is 13.3. The van der Waals surface area contributed by atoms with Gasteiger partial charge < -0.3 is 27.9 Å². The van der Waals surface area contributed by atoms with Gasteiger partial charge in [0.25, 0.3) is 0 Å². The molecule has 12 nitrogen and oxygen atoms in total. The molecule has 0 aliphatic carbocycles. The predicted octanol–water partition coefficient (Wildman–Crippen LogP) is 1.77. The Bertz CT molecular complexity index is 790. The lowest BCUT2D eigenvalue weighted by Gasteiger charge is -2.28. The third-order valence-corrected chi connectivity index (χ3v) is 5.20. The number of likely N-dealkylation sites (N-methyl/N-ethyl adjacent to an activating group) is 2. The third kappa shape index (κ3) is 17.4. The number of rotatable bonds is 17. The predicted molar refractivity (Wildman–Crippen MR) is 141 cm³/mol. The van der Waals surface area contributed by atoms with Crippen molar-refractivity contribution >= 4 is 35.8 Å². The molecule has 0 N–H and O–H groups in total. The van der Waals surface area contributed by atoms with Crippen LogP contribution < -0.4 is 0 Å². The summed E-state index contributed by atoms with van der Waals surface area (Å²) in [4.78, 5) is 74.1. The van der Waals surface area contributed by atoms with E-state index in [4.69, 9.17) is 18.9 Å².